The minimum Gasteiger partial charge on any atom is -0.0622 e. The maximum Gasteiger partial charge on any atom is 0.0313 e. The molecule has 0 spiro atoms. The van der Waals surface area contributed by atoms with E-state index in [0.29, 0.717) is 0 Å². The van der Waals surface area contributed by atoms with E-state index in [4.69, 9.17) is 1.37 Å². The first-order valence-electron chi connectivity index (χ1n) is 5.43. The second kappa shape index (κ2) is 4.10. The van der Waals surface area contributed by atoms with Crippen molar-refractivity contribution in [1.29, 1.82) is 0 Å². The topological polar surface area (TPSA) is 0 Å². The lowest BCUT2D eigenvalue weighted by molar-refractivity contribution is 1.14. The van der Waals surface area contributed by atoms with Crippen molar-refractivity contribution >= 4 is 0 Å². The van der Waals surface area contributed by atoms with E-state index in [1.165, 1.54) is 11.1 Å². The minimum absolute atomic E-state index is 0.144. The van der Waals surface area contributed by atoms with Crippen molar-refractivity contribution in [2.45, 2.75) is 13.3 Å². The zero-order chi connectivity index (χ0) is 10.7. The molecule has 0 amide bonds. The van der Waals surface area contributed by atoms with E-state index < -0.39 is 0 Å². The molecule has 0 bridgehead atoms. The van der Waals surface area contributed by atoms with Gasteiger partial charge in [0.05, 0.1) is 0 Å². The summed E-state index contributed by atoms with van der Waals surface area (Å²) >= 11 is 0. The highest BCUT2D eigenvalue weighted by Gasteiger charge is 1.95. The standard InChI is InChI=1S/C14H14/c1-2-12-8-10-14(11-9-12)13-6-4-3-5-7-13/h3-11H,2H2,1H3/i2D/t2-/m0/s1. The first-order valence-corrected chi connectivity index (χ1v) is 4.85. The molecule has 2 aromatic rings. The molecule has 0 aliphatic rings. The first-order chi connectivity index (χ1) is 7.27. The van der Waals surface area contributed by atoms with E-state index >= 15 is 0 Å². The van der Waals surface area contributed by atoms with Crippen molar-refractivity contribution < 1.29 is 1.37 Å². The number of rotatable bonds is 2. The Bertz CT molecular complexity index is 415. The summed E-state index contributed by atoms with van der Waals surface area (Å²) in [5.41, 5.74) is 3.50. The molecule has 70 valence electrons. The third-order valence-corrected chi connectivity index (χ3v) is 2.35. The Kier molecular flexibility index (Phi) is 2.29. The van der Waals surface area contributed by atoms with E-state index in [-0.39, 0.29) is 6.40 Å². The summed E-state index contributed by atoms with van der Waals surface area (Å²) in [5.74, 6) is 0. The Hall–Kier alpha value is -1.56. The van der Waals surface area contributed by atoms with Crippen molar-refractivity contribution in [3.05, 3.63) is 60.2 Å². The average molecular weight is 183 g/mol. The fraction of sp³-hybridized carbons (Fsp3) is 0.143. The summed E-state index contributed by atoms with van der Waals surface area (Å²) in [7, 11) is 0. The van der Waals surface area contributed by atoms with Gasteiger partial charge in [0.15, 0.2) is 0 Å². The molecule has 0 radical (unpaired) electrons. The van der Waals surface area contributed by atoms with Gasteiger partial charge in [-0.25, -0.2) is 0 Å². The Morgan fingerprint density at radius 1 is 0.857 bits per heavy atom. The molecule has 0 aliphatic heterocycles. The highest BCUT2D eigenvalue weighted by Crippen LogP contribution is 2.19. The van der Waals surface area contributed by atoms with Crippen LogP contribution in [0.25, 0.3) is 11.1 Å². The molecule has 0 nitrogen and oxygen atoms in total. The van der Waals surface area contributed by atoms with Crippen molar-refractivity contribution in [3.8, 4) is 11.1 Å². The second-order valence-corrected chi connectivity index (χ2v) is 3.28. The molecule has 0 heterocycles. The van der Waals surface area contributed by atoms with Crippen LogP contribution in [0.1, 0.15) is 13.9 Å². The highest BCUT2D eigenvalue weighted by molar-refractivity contribution is 5.63. The summed E-state index contributed by atoms with van der Waals surface area (Å²) in [6.07, 6.45) is -0.144. The van der Waals surface area contributed by atoms with Crippen LogP contribution in [0.4, 0.5) is 0 Å². The van der Waals surface area contributed by atoms with Crippen LogP contribution in [0, 0.1) is 0 Å². The molecule has 2 aromatic carbocycles. The van der Waals surface area contributed by atoms with Crippen molar-refractivity contribution in [3.63, 3.8) is 0 Å². The zero-order valence-electron chi connectivity index (χ0n) is 9.27. The van der Waals surface area contributed by atoms with Gasteiger partial charge in [-0.15, -0.1) is 0 Å². The fourth-order valence-electron chi connectivity index (χ4n) is 1.50. The number of hydrogen-bond donors (Lipinski definition) is 0. The molecule has 1 atom stereocenters. The normalized spacial score (nSPS) is 13.4. The van der Waals surface area contributed by atoms with Crippen LogP contribution in [0.2, 0.25) is 0 Å². The lowest BCUT2D eigenvalue weighted by atomic mass is 10.0. The van der Waals surface area contributed by atoms with Gasteiger partial charge in [-0.05, 0) is 23.1 Å². The molecule has 0 N–H and O–H groups in total. The predicted molar refractivity (Wildman–Crippen MR) is 61.3 cm³/mol. The lowest BCUT2D eigenvalue weighted by Crippen LogP contribution is -1.80. The van der Waals surface area contributed by atoms with Crippen LogP contribution in [0.15, 0.2) is 54.6 Å². The molecule has 0 heteroatoms. The Balaban J connectivity index is 2.32. The van der Waals surface area contributed by atoms with Gasteiger partial charge >= 0.3 is 0 Å². The minimum atomic E-state index is -0.144. The van der Waals surface area contributed by atoms with E-state index in [1.54, 1.807) is 0 Å². The maximum absolute atomic E-state index is 7.59. The molecule has 0 unspecified atom stereocenters. The smallest absolute Gasteiger partial charge is 0.0313 e. The average Bonchev–Trinajstić information content (AvgIpc) is 2.30. The molecular weight excluding hydrogens is 168 g/mol. The van der Waals surface area contributed by atoms with Gasteiger partial charge in [0, 0.05) is 1.37 Å². The van der Waals surface area contributed by atoms with E-state index in [9.17, 15) is 0 Å². The Labute approximate surface area is 86.6 Å². The van der Waals surface area contributed by atoms with Gasteiger partial charge < -0.3 is 0 Å². The number of hydrogen-bond acceptors (Lipinski definition) is 0. The van der Waals surface area contributed by atoms with Crippen LogP contribution < -0.4 is 0 Å². The van der Waals surface area contributed by atoms with Crippen LogP contribution in [-0.4, -0.2) is 0 Å². The van der Waals surface area contributed by atoms with Crippen molar-refractivity contribution in [1.82, 2.24) is 0 Å². The maximum atomic E-state index is 7.59. The zero-order valence-corrected chi connectivity index (χ0v) is 8.27. The number of benzene rings is 2. The van der Waals surface area contributed by atoms with Crippen LogP contribution in [-0.2, 0) is 6.40 Å². The summed E-state index contributed by atoms with van der Waals surface area (Å²) in [6.45, 7) is 1.89. The SMILES string of the molecule is [2H][C@@H](C)c1ccc(-c2ccccc2)cc1. The van der Waals surface area contributed by atoms with E-state index in [0.717, 1.165) is 5.56 Å². The lowest BCUT2D eigenvalue weighted by Gasteiger charge is -2.02. The first kappa shape index (κ1) is 7.81. The summed E-state index contributed by atoms with van der Waals surface area (Å²) in [6, 6.07) is 18.5. The molecular formula is C14H14. The Morgan fingerprint density at radius 3 is 2.00 bits per heavy atom. The van der Waals surface area contributed by atoms with Gasteiger partial charge in [-0.1, -0.05) is 61.5 Å². The molecule has 0 aliphatic carbocycles. The second-order valence-electron chi connectivity index (χ2n) is 3.28. The summed E-state index contributed by atoms with van der Waals surface area (Å²) < 4.78 is 7.59. The molecule has 0 saturated heterocycles. The molecule has 2 rings (SSSR count). The van der Waals surface area contributed by atoms with Gasteiger partial charge in [0.2, 0.25) is 0 Å². The third kappa shape index (κ3) is 1.85. The quantitative estimate of drug-likeness (QED) is 0.662. The van der Waals surface area contributed by atoms with E-state index in [2.05, 4.69) is 24.3 Å². The summed E-state index contributed by atoms with van der Waals surface area (Å²) in [4.78, 5) is 0. The largest absolute Gasteiger partial charge is 0.0622 e. The van der Waals surface area contributed by atoms with E-state index in [1.807, 2.05) is 37.3 Å². The van der Waals surface area contributed by atoms with Gasteiger partial charge in [0.25, 0.3) is 0 Å². The molecule has 14 heavy (non-hydrogen) atoms. The third-order valence-electron chi connectivity index (χ3n) is 2.35. The van der Waals surface area contributed by atoms with Crippen LogP contribution in [0.3, 0.4) is 0 Å². The Morgan fingerprint density at radius 2 is 1.43 bits per heavy atom. The van der Waals surface area contributed by atoms with Crippen molar-refractivity contribution in [2.75, 3.05) is 0 Å². The van der Waals surface area contributed by atoms with Crippen LogP contribution >= 0.6 is 0 Å². The van der Waals surface area contributed by atoms with Crippen LogP contribution in [0.5, 0.6) is 0 Å². The molecule has 0 fully saturated rings. The fourth-order valence-corrected chi connectivity index (χ4v) is 1.50. The van der Waals surface area contributed by atoms with Crippen molar-refractivity contribution in [2.24, 2.45) is 0 Å². The van der Waals surface area contributed by atoms with Gasteiger partial charge in [-0.3, -0.25) is 0 Å². The molecule has 0 aromatic heterocycles. The highest BCUT2D eigenvalue weighted by atomic mass is 14.0. The van der Waals surface area contributed by atoms with Gasteiger partial charge in [-0.2, -0.15) is 0 Å². The monoisotopic (exact) mass is 183 g/mol. The molecule has 0 saturated carbocycles. The predicted octanol–water partition coefficient (Wildman–Crippen LogP) is 3.92. The summed E-state index contributed by atoms with van der Waals surface area (Å²) in [5, 5.41) is 0. The number of aryl methyl sites for hydroxylation is 1. The van der Waals surface area contributed by atoms with Gasteiger partial charge in [0.1, 0.15) is 0 Å².